The van der Waals surface area contributed by atoms with Crippen molar-refractivity contribution in [2.24, 2.45) is 5.92 Å². The quantitative estimate of drug-likeness (QED) is 0.883. The van der Waals surface area contributed by atoms with Gasteiger partial charge in [-0.3, -0.25) is 4.79 Å². The fourth-order valence-electron chi connectivity index (χ4n) is 3.58. The molecule has 0 aromatic heterocycles. The standard InChI is InChI=1S/C18H26N2O2.ClH/c21-16-12-17(19-13-16)18(22)20-10-8-15(9-11-20)7-6-14-4-2-1-3-5-14;/h1-5,15-17,19,21H,6-13H2;1H. The summed E-state index contributed by atoms with van der Waals surface area (Å²) in [5.74, 6) is 0.907. The number of rotatable bonds is 4. The number of likely N-dealkylation sites (tertiary alicyclic amines) is 1. The zero-order valence-electron chi connectivity index (χ0n) is 13.5. The van der Waals surface area contributed by atoms with Gasteiger partial charge in [0.15, 0.2) is 0 Å². The van der Waals surface area contributed by atoms with Crippen molar-refractivity contribution in [3.8, 4) is 0 Å². The highest BCUT2D eigenvalue weighted by Gasteiger charge is 2.32. The van der Waals surface area contributed by atoms with Gasteiger partial charge in [-0.2, -0.15) is 0 Å². The fourth-order valence-corrected chi connectivity index (χ4v) is 3.58. The van der Waals surface area contributed by atoms with Gasteiger partial charge < -0.3 is 15.3 Å². The number of β-amino-alcohol motifs (C(OH)–C–C–N with tert-alkyl or cyclic N) is 1. The number of hydrogen-bond donors (Lipinski definition) is 2. The van der Waals surface area contributed by atoms with E-state index >= 15 is 0 Å². The molecule has 0 bridgehead atoms. The number of nitrogens with zero attached hydrogens (tertiary/aromatic N) is 1. The lowest BCUT2D eigenvalue weighted by Crippen LogP contribution is -2.47. The van der Waals surface area contributed by atoms with Crippen molar-refractivity contribution in [1.29, 1.82) is 0 Å². The zero-order valence-corrected chi connectivity index (χ0v) is 14.3. The molecule has 2 N–H and O–H groups in total. The third-order valence-electron chi connectivity index (χ3n) is 5.02. The Kier molecular flexibility index (Phi) is 6.88. The van der Waals surface area contributed by atoms with Crippen LogP contribution in [0.4, 0.5) is 0 Å². The summed E-state index contributed by atoms with van der Waals surface area (Å²) >= 11 is 0. The molecule has 0 spiro atoms. The van der Waals surface area contributed by atoms with Crippen molar-refractivity contribution >= 4 is 18.3 Å². The van der Waals surface area contributed by atoms with Crippen molar-refractivity contribution in [2.45, 2.75) is 44.2 Å². The zero-order chi connectivity index (χ0) is 15.4. The van der Waals surface area contributed by atoms with Gasteiger partial charge >= 0.3 is 0 Å². The summed E-state index contributed by atoms with van der Waals surface area (Å²) < 4.78 is 0. The molecule has 0 aliphatic carbocycles. The van der Waals surface area contributed by atoms with Crippen molar-refractivity contribution < 1.29 is 9.90 Å². The second kappa shape index (κ2) is 8.67. The minimum absolute atomic E-state index is 0. The molecule has 1 aromatic rings. The summed E-state index contributed by atoms with van der Waals surface area (Å²) in [5.41, 5.74) is 1.41. The second-order valence-corrected chi connectivity index (χ2v) is 6.64. The van der Waals surface area contributed by atoms with Gasteiger partial charge in [-0.1, -0.05) is 30.3 Å². The lowest BCUT2D eigenvalue weighted by Gasteiger charge is -2.33. The Morgan fingerprint density at radius 2 is 1.91 bits per heavy atom. The number of aliphatic hydroxyl groups is 1. The molecule has 2 unspecified atom stereocenters. The van der Waals surface area contributed by atoms with Gasteiger partial charge in [-0.15, -0.1) is 12.4 Å². The van der Waals surface area contributed by atoms with Crippen LogP contribution < -0.4 is 5.32 Å². The Balaban J connectivity index is 0.00000192. The molecule has 2 atom stereocenters. The highest BCUT2D eigenvalue weighted by Crippen LogP contribution is 2.23. The first-order chi connectivity index (χ1) is 10.7. The van der Waals surface area contributed by atoms with Gasteiger partial charge in [0.1, 0.15) is 0 Å². The van der Waals surface area contributed by atoms with Crippen LogP contribution in [0.25, 0.3) is 0 Å². The molecule has 1 aromatic carbocycles. The van der Waals surface area contributed by atoms with Crippen LogP contribution in [0.1, 0.15) is 31.2 Å². The molecule has 2 aliphatic heterocycles. The normalized spacial score (nSPS) is 25.2. The van der Waals surface area contributed by atoms with Crippen LogP contribution in [0.2, 0.25) is 0 Å². The number of piperidine rings is 1. The van der Waals surface area contributed by atoms with Crippen LogP contribution in [-0.4, -0.2) is 47.7 Å². The molecule has 0 saturated carbocycles. The Morgan fingerprint density at radius 1 is 1.22 bits per heavy atom. The van der Waals surface area contributed by atoms with Gasteiger partial charge in [-0.05, 0) is 43.6 Å². The molecule has 2 saturated heterocycles. The monoisotopic (exact) mass is 338 g/mol. The van der Waals surface area contributed by atoms with E-state index in [1.54, 1.807) is 0 Å². The van der Waals surface area contributed by atoms with E-state index in [-0.39, 0.29) is 30.5 Å². The SMILES string of the molecule is Cl.O=C(C1CC(O)CN1)N1CCC(CCc2ccccc2)CC1. The smallest absolute Gasteiger partial charge is 0.239 e. The molecule has 1 amide bonds. The molecule has 23 heavy (non-hydrogen) atoms. The van der Waals surface area contributed by atoms with Crippen molar-refractivity contribution in [3.63, 3.8) is 0 Å². The van der Waals surface area contributed by atoms with Crippen LogP contribution in [0.5, 0.6) is 0 Å². The fraction of sp³-hybridized carbons (Fsp3) is 0.611. The number of benzene rings is 1. The highest BCUT2D eigenvalue weighted by atomic mass is 35.5. The molecular formula is C18H27ClN2O2. The summed E-state index contributed by atoms with van der Waals surface area (Å²) in [7, 11) is 0. The number of carbonyl (C=O) groups is 1. The highest BCUT2D eigenvalue weighted by molar-refractivity contribution is 5.85. The summed E-state index contributed by atoms with van der Waals surface area (Å²) in [6.07, 6.45) is 4.76. The van der Waals surface area contributed by atoms with Crippen molar-refractivity contribution in [1.82, 2.24) is 10.2 Å². The number of aliphatic hydroxyl groups excluding tert-OH is 1. The maximum atomic E-state index is 12.4. The second-order valence-electron chi connectivity index (χ2n) is 6.64. The first kappa shape index (κ1) is 18.2. The first-order valence-corrected chi connectivity index (χ1v) is 8.46. The third kappa shape index (κ3) is 4.93. The average Bonchev–Trinajstić information content (AvgIpc) is 3.00. The number of amides is 1. The van der Waals surface area contributed by atoms with Crippen LogP contribution in [0.15, 0.2) is 30.3 Å². The van der Waals surface area contributed by atoms with E-state index in [9.17, 15) is 9.90 Å². The molecule has 4 nitrogen and oxygen atoms in total. The van der Waals surface area contributed by atoms with E-state index in [1.165, 1.54) is 12.0 Å². The largest absolute Gasteiger partial charge is 0.392 e. The van der Waals surface area contributed by atoms with Crippen LogP contribution in [0, 0.1) is 5.92 Å². The molecule has 2 heterocycles. The third-order valence-corrected chi connectivity index (χ3v) is 5.02. The summed E-state index contributed by atoms with van der Waals surface area (Å²) in [6.45, 7) is 2.28. The maximum Gasteiger partial charge on any atom is 0.239 e. The summed E-state index contributed by atoms with van der Waals surface area (Å²) in [4.78, 5) is 14.4. The number of carbonyl (C=O) groups excluding carboxylic acids is 1. The van der Waals surface area contributed by atoms with E-state index in [0.29, 0.717) is 13.0 Å². The van der Waals surface area contributed by atoms with Crippen LogP contribution >= 0.6 is 12.4 Å². The van der Waals surface area contributed by atoms with E-state index in [0.717, 1.165) is 38.3 Å². The number of halogens is 1. The molecule has 2 aliphatic rings. The Labute approximate surface area is 144 Å². The van der Waals surface area contributed by atoms with Crippen molar-refractivity contribution in [3.05, 3.63) is 35.9 Å². The summed E-state index contributed by atoms with van der Waals surface area (Å²) in [6, 6.07) is 10.5. The van der Waals surface area contributed by atoms with Gasteiger partial charge in [0.2, 0.25) is 5.91 Å². The molecule has 128 valence electrons. The molecule has 0 radical (unpaired) electrons. The Bertz CT molecular complexity index is 489. The Morgan fingerprint density at radius 3 is 2.52 bits per heavy atom. The number of nitrogens with one attached hydrogen (secondary N) is 1. The minimum atomic E-state index is -0.364. The molecule has 2 fully saturated rings. The Hall–Kier alpha value is -1.10. The topological polar surface area (TPSA) is 52.6 Å². The first-order valence-electron chi connectivity index (χ1n) is 8.46. The molecule has 5 heteroatoms. The van der Waals surface area contributed by atoms with Gasteiger partial charge in [0.25, 0.3) is 0 Å². The minimum Gasteiger partial charge on any atom is -0.392 e. The van der Waals surface area contributed by atoms with Crippen LogP contribution in [-0.2, 0) is 11.2 Å². The average molecular weight is 339 g/mol. The van der Waals surface area contributed by atoms with E-state index in [4.69, 9.17) is 0 Å². The molecule has 3 rings (SSSR count). The van der Waals surface area contributed by atoms with Crippen LogP contribution in [0.3, 0.4) is 0 Å². The van der Waals surface area contributed by atoms with Gasteiger partial charge in [0.05, 0.1) is 12.1 Å². The number of aryl methyl sites for hydroxylation is 1. The predicted octanol–water partition coefficient (Wildman–Crippen LogP) is 2.00. The lowest BCUT2D eigenvalue weighted by molar-refractivity contribution is -0.134. The number of hydrogen-bond acceptors (Lipinski definition) is 3. The van der Waals surface area contributed by atoms with E-state index in [2.05, 4.69) is 35.6 Å². The van der Waals surface area contributed by atoms with E-state index in [1.807, 2.05) is 4.90 Å². The lowest BCUT2D eigenvalue weighted by atomic mass is 9.90. The summed E-state index contributed by atoms with van der Waals surface area (Å²) in [5, 5.41) is 12.7. The van der Waals surface area contributed by atoms with Crippen molar-refractivity contribution in [2.75, 3.05) is 19.6 Å². The maximum absolute atomic E-state index is 12.4. The predicted molar refractivity (Wildman–Crippen MR) is 93.7 cm³/mol. The van der Waals surface area contributed by atoms with Gasteiger partial charge in [0, 0.05) is 19.6 Å². The van der Waals surface area contributed by atoms with Gasteiger partial charge in [-0.25, -0.2) is 0 Å². The molecular weight excluding hydrogens is 312 g/mol. The van der Waals surface area contributed by atoms with E-state index < -0.39 is 0 Å².